The highest BCUT2D eigenvalue weighted by atomic mass is 32.2. The second-order valence-electron chi connectivity index (χ2n) is 3.70. The Morgan fingerprint density at radius 3 is 3.08 bits per heavy atom. The van der Waals surface area contributed by atoms with Gasteiger partial charge >= 0.3 is 0 Å². The molecule has 2 heterocycles. The van der Waals surface area contributed by atoms with E-state index in [1.165, 1.54) is 5.57 Å². The van der Waals surface area contributed by atoms with Gasteiger partial charge in [0.2, 0.25) is 0 Å². The van der Waals surface area contributed by atoms with Crippen molar-refractivity contribution >= 4 is 11.8 Å². The predicted molar refractivity (Wildman–Crippen MR) is 50.6 cm³/mol. The number of hydrogen-bond acceptors (Lipinski definition) is 2. The van der Waals surface area contributed by atoms with Gasteiger partial charge in [-0.3, -0.25) is 0 Å². The van der Waals surface area contributed by atoms with Crippen molar-refractivity contribution in [2.45, 2.75) is 25.7 Å². The number of allylic oxidation sites excluding steroid dienone is 1. The molecule has 0 amide bonds. The molecule has 2 nitrogen and oxygen atoms in total. The average Bonchev–Trinajstić information content (AvgIpc) is 2.25. The normalized spacial score (nSPS) is 31.8. The third-order valence-electron chi connectivity index (χ3n) is 2.52. The molecular weight excluding hydrogens is 172 g/mol. The monoisotopic (exact) mass is 185 g/mol. The van der Waals surface area contributed by atoms with E-state index in [1.54, 1.807) is 6.26 Å². The maximum Gasteiger partial charge on any atom is 0.150 e. The van der Waals surface area contributed by atoms with Crippen LogP contribution in [-0.2, 0) is 4.74 Å². The van der Waals surface area contributed by atoms with E-state index in [1.807, 2.05) is 6.08 Å². The van der Waals surface area contributed by atoms with Gasteiger partial charge in [-0.05, 0) is 18.1 Å². The van der Waals surface area contributed by atoms with Crippen LogP contribution in [0.5, 0.6) is 0 Å². The quantitative estimate of drug-likeness (QED) is 0.565. The minimum atomic E-state index is -0.303. The molecule has 0 saturated carbocycles. The van der Waals surface area contributed by atoms with Crippen LogP contribution in [0, 0.1) is 5.41 Å². The standard InChI is InChI=1S/C9H13O2S/c1-9(2)6-4-3-5-11-7(6)12-8(9)10/h3,5,8,10,12H,4H2,1-2H3. The van der Waals surface area contributed by atoms with Crippen molar-refractivity contribution in [3.05, 3.63) is 23.0 Å². The number of aliphatic hydroxyl groups is 1. The average molecular weight is 185 g/mol. The molecule has 1 N–H and O–H groups in total. The lowest BCUT2D eigenvalue weighted by Gasteiger charge is -2.25. The van der Waals surface area contributed by atoms with Crippen molar-refractivity contribution in [1.82, 2.24) is 0 Å². The van der Waals surface area contributed by atoms with Gasteiger partial charge in [0.05, 0.1) is 6.26 Å². The number of hydrogen-bond donors (Lipinski definition) is 2. The minimum absolute atomic E-state index is 0.109. The molecule has 0 aromatic carbocycles. The van der Waals surface area contributed by atoms with Crippen LogP contribution in [0.2, 0.25) is 0 Å². The Kier molecular flexibility index (Phi) is 1.73. The summed E-state index contributed by atoms with van der Waals surface area (Å²) >= 11 is 0.922. The fraction of sp³-hybridized carbons (Fsp3) is 0.556. The smallest absolute Gasteiger partial charge is 0.150 e. The van der Waals surface area contributed by atoms with Crippen LogP contribution in [0.25, 0.3) is 0 Å². The second kappa shape index (κ2) is 2.54. The third kappa shape index (κ3) is 1.00. The van der Waals surface area contributed by atoms with Crippen molar-refractivity contribution in [2.24, 2.45) is 5.41 Å². The van der Waals surface area contributed by atoms with Crippen molar-refractivity contribution in [3.8, 4) is 0 Å². The van der Waals surface area contributed by atoms with Gasteiger partial charge in [-0.15, -0.1) is 11.8 Å². The molecule has 0 bridgehead atoms. The van der Waals surface area contributed by atoms with E-state index in [0.717, 1.165) is 23.3 Å². The summed E-state index contributed by atoms with van der Waals surface area (Å²) in [5.41, 5.74) is 0.836. The molecular formula is C9H13O2S. The van der Waals surface area contributed by atoms with E-state index >= 15 is 0 Å². The van der Waals surface area contributed by atoms with Crippen molar-refractivity contribution in [1.29, 1.82) is 0 Å². The van der Waals surface area contributed by atoms with E-state index in [0.29, 0.717) is 0 Å². The minimum Gasteiger partial charge on any atom is -0.459 e. The van der Waals surface area contributed by atoms with Crippen LogP contribution in [0.1, 0.15) is 20.3 Å². The van der Waals surface area contributed by atoms with E-state index in [2.05, 4.69) is 13.8 Å². The lowest BCUT2D eigenvalue weighted by Crippen LogP contribution is -2.24. The molecule has 1 unspecified atom stereocenters. The Balaban J connectivity index is 2.33. The van der Waals surface area contributed by atoms with E-state index in [4.69, 9.17) is 4.74 Å². The van der Waals surface area contributed by atoms with E-state index < -0.39 is 0 Å². The van der Waals surface area contributed by atoms with Gasteiger partial charge in [0.25, 0.3) is 0 Å². The largest absolute Gasteiger partial charge is 0.459 e. The summed E-state index contributed by atoms with van der Waals surface area (Å²) < 4.78 is 5.33. The van der Waals surface area contributed by atoms with Gasteiger partial charge in [0.1, 0.15) is 10.5 Å². The molecule has 0 saturated heterocycles. The van der Waals surface area contributed by atoms with Gasteiger partial charge < -0.3 is 9.84 Å². The highest BCUT2D eigenvalue weighted by Crippen LogP contribution is 2.51. The zero-order valence-corrected chi connectivity index (χ0v) is 8.14. The first kappa shape index (κ1) is 8.20. The topological polar surface area (TPSA) is 29.5 Å². The Bertz CT molecular complexity index is 266. The molecule has 0 aromatic rings. The van der Waals surface area contributed by atoms with Crippen LogP contribution >= 0.6 is 11.8 Å². The summed E-state index contributed by atoms with van der Waals surface area (Å²) in [5, 5.41) is 10.7. The molecule has 12 heavy (non-hydrogen) atoms. The molecule has 2 aliphatic rings. The van der Waals surface area contributed by atoms with Gasteiger partial charge in [0, 0.05) is 5.41 Å². The zero-order valence-electron chi connectivity index (χ0n) is 7.24. The Hall–Kier alpha value is -0.410. The van der Waals surface area contributed by atoms with E-state index in [9.17, 15) is 5.11 Å². The third-order valence-corrected chi connectivity index (χ3v) is 4.02. The van der Waals surface area contributed by atoms with Gasteiger partial charge in [-0.25, -0.2) is 0 Å². The maximum atomic E-state index is 9.73. The molecule has 0 aliphatic carbocycles. The van der Waals surface area contributed by atoms with Crippen LogP contribution in [0.15, 0.2) is 23.0 Å². The van der Waals surface area contributed by atoms with Crippen LogP contribution in [0.3, 0.4) is 0 Å². The Labute approximate surface area is 76.3 Å². The molecule has 0 fully saturated rings. The predicted octanol–water partition coefficient (Wildman–Crippen LogP) is 1.96. The van der Waals surface area contributed by atoms with Crippen LogP contribution < -0.4 is 0 Å². The lowest BCUT2D eigenvalue weighted by atomic mass is 9.83. The van der Waals surface area contributed by atoms with Crippen molar-refractivity contribution in [3.63, 3.8) is 0 Å². The summed E-state index contributed by atoms with van der Waals surface area (Å²) in [6, 6.07) is 0. The maximum absolute atomic E-state index is 9.73. The zero-order chi connectivity index (χ0) is 8.77. The fourth-order valence-corrected chi connectivity index (χ4v) is 2.87. The highest BCUT2D eigenvalue weighted by Gasteiger charge is 2.41. The Morgan fingerprint density at radius 2 is 2.42 bits per heavy atom. The molecule has 0 aromatic heterocycles. The molecule has 1 atom stereocenters. The van der Waals surface area contributed by atoms with E-state index in [-0.39, 0.29) is 10.9 Å². The number of rotatable bonds is 0. The van der Waals surface area contributed by atoms with Crippen molar-refractivity contribution < 1.29 is 9.84 Å². The molecule has 0 spiro atoms. The second-order valence-corrected chi connectivity index (χ2v) is 4.86. The molecule has 2 rings (SSSR count). The highest BCUT2D eigenvalue weighted by molar-refractivity contribution is 8.03. The van der Waals surface area contributed by atoms with Gasteiger partial charge in [-0.1, -0.05) is 13.8 Å². The first-order chi connectivity index (χ1) is 5.62. The van der Waals surface area contributed by atoms with Crippen molar-refractivity contribution in [2.75, 3.05) is 0 Å². The summed E-state index contributed by atoms with van der Waals surface area (Å²) in [7, 11) is 0. The summed E-state index contributed by atoms with van der Waals surface area (Å²) in [6.45, 7) is 4.13. The number of thiol groups is 1. The Morgan fingerprint density at radius 1 is 1.67 bits per heavy atom. The first-order valence-corrected chi connectivity index (χ1v) is 5.03. The van der Waals surface area contributed by atoms with Crippen LogP contribution in [0.4, 0.5) is 0 Å². The summed E-state index contributed by atoms with van der Waals surface area (Å²) in [5.74, 6) is 0. The molecule has 67 valence electrons. The molecule has 2 aliphatic heterocycles. The first-order valence-electron chi connectivity index (χ1n) is 4.06. The SMILES string of the molecule is CC1(C)C2=C(OC=CC2)[SH]C1O. The van der Waals surface area contributed by atoms with Gasteiger partial charge in [0.15, 0.2) is 0 Å². The van der Waals surface area contributed by atoms with Gasteiger partial charge in [-0.2, -0.15) is 0 Å². The summed E-state index contributed by atoms with van der Waals surface area (Å²) in [6.07, 6.45) is 4.63. The summed E-state index contributed by atoms with van der Waals surface area (Å²) in [4.78, 5) is 0. The number of aliphatic hydroxyl groups excluding tert-OH is 1. The van der Waals surface area contributed by atoms with Crippen LogP contribution in [-0.4, -0.2) is 10.5 Å². The lowest BCUT2D eigenvalue weighted by molar-refractivity contribution is 0.158. The molecule has 3 heteroatoms. The fourth-order valence-electron chi connectivity index (χ4n) is 1.51. The molecule has 1 radical (unpaired) electrons. The number of ether oxygens (including phenoxy) is 1.